The van der Waals surface area contributed by atoms with Gasteiger partial charge in [-0.15, -0.1) is 0 Å². The van der Waals surface area contributed by atoms with Crippen LogP contribution in [0.25, 0.3) is 11.4 Å². The summed E-state index contributed by atoms with van der Waals surface area (Å²) in [6.07, 6.45) is 1.71. The van der Waals surface area contributed by atoms with E-state index >= 15 is 0 Å². The van der Waals surface area contributed by atoms with E-state index in [0.29, 0.717) is 11.4 Å². The molecule has 0 fully saturated rings. The second kappa shape index (κ2) is 7.50. The summed E-state index contributed by atoms with van der Waals surface area (Å²) < 4.78 is 35.1. The Morgan fingerprint density at radius 3 is 2.56 bits per heavy atom. The van der Waals surface area contributed by atoms with E-state index in [1.807, 2.05) is 38.1 Å². The van der Waals surface area contributed by atoms with Gasteiger partial charge in [0.05, 0.1) is 30.7 Å². The summed E-state index contributed by atoms with van der Waals surface area (Å²) >= 11 is 0. The molecule has 0 aliphatic carbocycles. The van der Waals surface area contributed by atoms with E-state index < -0.39 is 10.0 Å². The van der Waals surface area contributed by atoms with Crippen molar-refractivity contribution in [2.75, 3.05) is 7.11 Å². The van der Waals surface area contributed by atoms with Gasteiger partial charge < -0.3 is 4.74 Å². The van der Waals surface area contributed by atoms with Gasteiger partial charge in [0.2, 0.25) is 10.0 Å². The number of aryl methyl sites for hydroxylation is 3. The first-order valence-electron chi connectivity index (χ1n) is 8.41. The van der Waals surface area contributed by atoms with Gasteiger partial charge in [-0.3, -0.25) is 9.67 Å². The monoisotopic (exact) mass is 386 g/mol. The first-order chi connectivity index (χ1) is 12.8. The number of sulfonamides is 1. The highest BCUT2D eigenvalue weighted by atomic mass is 32.2. The Morgan fingerprint density at radius 1 is 1.15 bits per heavy atom. The lowest BCUT2D eigenvalue weighted by atomic mass is 10.1. The van der Waals surface area contributed by atoms with Crippen molar-refractivity contribution in [1.29, 1.82) is 0 Å². The third kappa shape index (κ3) is 4.01. The molecule has 0 amide bonds. The number of benzene rings is 1. The lowest BCUT2D eigenvalue weighted by Gasteiger charge is -2.12. The first kappa shape index (κ1) is 19.1. The summed E-state index contributed by atoms with van der Waals surface area (Å²) in [6.45, 7) is 3.85. The third-order valence-corrected chi connectivity index (χ3v) is 5.79. The molecule has 3 aromatic rings. The summed E-state index contributed by atoms with van der Waals surface area (Å²) in [5.74, 6) is 0.320. The molecule has 27 heavy (non-hydrogen) atoms. The minimum absolute atomic E-state index is 0.0685. The molecule has 0 bridgehead atoms. The zero-order chi connectivity index (χ0) is 19.6. The molecule has 0 atom stereocenters. The van der Waals surface area contributed by atoms with Crippen molar-refractivity contribution in [3.63, 3.8) is 0 Å². The van der Waals surface area contributed by atoms with Gasteiger partial charge in [0.15, 0.2) is 0 Å². The molecule has 2 aromatic heterocycles. The third-order valence-electron chi connectivity index (χ3n) is 4.37. The van der Waals surface area contributed by atoms with Gasteiger partial charge in [-0.1, -0.05) is 6.07 Å². The summed E-state index contributed by atoms with van der Waals surface area (Å²) in [5, 5.41) is 4.38. The fourth-order valence-corrected chi connectivity index (χ4v) is 3.98. The average Bonchev–Trinajstić information content (AvgIpc) is 3.03. The maximum Gasteiger partial charge on any atom is 0.244 e. The number of hydrogen-bond donors (Lipinski definition) is 1. The van der Waals surface area contributed by atoms with Gasteiger partial charge in [-0.2, -0.15) is 5.10 Å². The fraction of sp³-hybridized carbons (Fsp3) is 0.263. The predicted molar refractivity (Wildman–Crippen MR) is 103 cm³/mol. The van der Waals surface area contributed by atoms with E-state index in [1.54, 1.807) is 30.1 Å². The molecule has 0 saturated heterocycles. The van der Waals surface area contributed by atoms with Crippen LogP contribution in [0.2, 0.25) is 0 Å². The van der Waals surface area contributed by atoms with E-state index in [0.717, 1.165) is 22.5 Å². The van der Waals surface area contributed by atoms with E-state index in [9.17, 15) is 8.42 Å². The van der Waals surface area contributed by atoms with Crippen molar-refractivity contribution in [2.24, 2.45) is 7.05 Å². The Kier molecular flexibility index (Phi) is 5.29. The molecule has 0 radical (unpaired) electrons. The average molecular weight is 386 g/mol. The molecule has 3 rings (SSSR count). The highest BCUT2D eigenvalue weighted by Gasteiger charge is 2.21. The van der Waals surface area contributed by atoms with Gasteiger partial charge in [-0.05, 0) is 55.3 Å². The molecule has 0 aliphatic rings. The molecule has 1 N–H and O–H groups in total. The molecule has 2 heterocycles. The number of methoxy groups -OCH3 is 1. The summed E-state index contributed by atoms with van der Waals surface area (Å²) in [5.41, 5.74) is 4.04. The number of aromatic nitrogens is 3. The van der Waals surface area contributed by atoms with Crippen molar-refractivity contribution >= 4 is 10.0 Å². The standard InChI is InChI=1S/C19H22N4O3S/c1-13-9-18(26-4)19(10-14(13)2)27(24,25)21-12-15-11-17(23(3)22-15)16-7-5-6-8-20-16/h5-11,21H,12H2,1-4H3. The summed E-state index contributed by atoms with van der Waals surface area (Å²) in [7, 11) is -0.489. The minimum Gasteiger partial charge on any atom is -0.495 e. The van der Waals surface area contributed by atoms with Crippen molar-refractivity contribution in [1.82, 2.24) is 19.5 Å². The quantitative estimate of drug-likeness (QED) is 0.704. The van der Waals surface area contributed by atoms with E-state index in [-0.39, 0.29) is 11.4 Å². The Balaban J connectivity index is 1.84. The second-order valence-corrected chi connectivity index (χ2v) is 8.01. The van der Waals surface area contributed by atoms with Crippen LogP contribution in [-0.2, 0) is 23.6 Å². The molecular weight excluding hydrogens is 364 g/mol. The minimum atomic E-state index is -3.75. The smallest absolute Gasteiger partial charge is 0.244 e. The fourth-order valence-electron chi connectivity index (χ4n) is 2.75. The van der Waals surface area contributed by atoms with Gasteiger partial charge >= 0.3 is 0 Å². The van der Waals surface area contributed by atoms with Crippen LogP contribution < -0.4 is 9.46 Å². The van der Waals surface area contributed by atoms with Crippen molar-refractivity contribution in [3.8, 4) is 17.1 Å². The SMILES string of the molecule is COc1cc(C)c(C)cc1S(=O)(=O)NCc1cc(-c2ccccn2)n(C)n1. The van der Waals surface area contributed by atoms with E-state index in [1.165, 1.54) is 7.11 Å². The van der Waals surface area contributed by atoms with E-state index in [4.69, 9.17) is 4.74 Å². The highest BCUT2D eigenvalue weighted by Crippen LogP contribution is 2.27. The first-order valence-corrected chi connectivity index (χ1v) is 9.89. The number of hydrogen-bond acceptors (Lipinski definition) is 5. The van der Waals surface area contributed by atoms with E-state index in [2.05, 4.69) is 14.8 Å². The summed E-state index contributed by atoms with van der Waals surface area (Å²) in [4.78, 5) is 4.42. The van der Waals surface area contributed by atoms with Crippen molar-refractivity contribution in [2.45, 2.75) is 25.3 Å². The highest BCUT2D eigenvalue weighted by molar-refractivity contribution is 7.89. The molecule has 8 heteroatoms. The van der Waals surface area contributed by atoms with Crippen molar-refractivity contribution < 1.29 is 13.2 Å². The topological polar surface area (TPSA) is 86.1 Å². The number of nitrogens with zero attached hydrogens (tertiary/aromatic N) is 3. The number of ether oxygens (including phenoxy) is 1. The lowest BCUT2D eigenvalue weighted by Crippen LogP contribution is -2.24. The molecule has 0 saturated carbocycles. The van der Waals surface area contributed by atoms with Gasteiger partial charge in [-0.25, -0.2) is 13.1 Å². The molecule has 7 nitrogen and oxygen atoms in total. The van der Waals surface area contributed by atoms with Crippen LogP contribution in [0.1, 0.15) is 16.8 Å². The summed E-state index contributed by atoms with van der Waals surface area (Å²) in [6, 6.07) is 10.8. The Bertz CT molecular complexity index is 1060. The zero-order valence-corrected chi connectivity index (χ0v) is 16.5. The Labute approximate surface area is 159 Å². The van der Waals surface area contributed by atoms with Crippen molar-refractivity contribution in [3.05, 3.63) is 59.4 Å². The Hall–Kier alpha value is -2.71. The van der Waals surface area contributed by atoms with Gasteiger partial charge in [0.25, 0.3) is 0 Å². The normalized spacial score (nSPS) is 11.6. The number of pyridine rings is 1. The second-order valence-electron chi connectivity index (χ2n) is 6.27. The molecule has 142 valence electrons. The zero-order valence-electron chi connectivity index (χ0n) is 15.7. The van der Waals surface area contributed by atoms with Gasteiger partial charge in [0, 0.05) is 13.2 Å². The van der Waals surface area contributed by atoms with Crippen LogP contribution in [0.4, 0.5) is 0 Å². The van der Waals surface area contributed by atoms with Crippen LogP contribution in [0.15, 0.2) is 47.5 Å². The number of nitrogens with one attached hydrogen (secondary N) is 1. The molecule has 0 spiro atoms. The van der Waals surface area contributed by atoms with Crippen LogP contribution in [0.3, 0.4) is 0 Å². The number of rotatable bonds is 6. The Morgan fingerprint density at radius 2 is 1.89 bits per heavy atom. The van der Waals surface area contributed by atoms with Crippen LogP contribution in [0.5, 0.6) is 5.75 Å². The maximum absolute atomic E-state index is 12.8. The molecular formula is C19H22N4O3S. The maximum atomic E-state index is 12.8. The lowest BCUT2D eigenvalue weighted by molar-refractivity contribution is 0.401. The van der Waals surface area contributed by atoms with Crippen LogP contribution in [-0.4, -0.2) is 30.3 Å². The molecule has 0 aliphatic heterocycles. The largest absolute Gasteiger partial charge is 0.495 e. The van der Waals surface area contributed by atoms with Crippen LogP contribution in [0, 0.1) is 13.8 Å². The molecule has 0 unspecified atom stereocenters. The molecule has 1 aromatic carbocycles. The van der Waals surface area contributed by atoms with Gasteiger partial charge in [0.1, 0.15) is 10.6 Å². The predicted octanol–water partition coefficient (Wildman–Crippen LogP) is 2.59. The van der Waals surface area contributed by atoms with Crippen LogP contribution >= 0.6 is 0 Å².